The second-order valence-electron chi connectivity index (χ2n) is 1.67. The Bertz CT molecular complexity index is 170. The molecule has 0 bridgehead atoms. The minimum atomic E-state index is -0.945. The van der Waals surface area contributed by atoms with Gasteiger partial charge in [-0.05, 0) is 20.6 Å². The molecular formula is C6H9NO2. The van der Waals surface area contributed by atoms with Crippen molar-refractivity contribution in [2.24, 2.45) is 4.99 Å². The summed E-state index contributed by atoms with van der Waals surface area (Å²) in [5.41, 5.74) is 0.701. The zero-order valence-corrected chi connectivity index (χ0v) is 5.51. The van der Waals surface area contributed by atoms with Gasteiger partial charge in [-0.2, -0.15) is 0 Å². The molecule has 0 atom stereocenters. The average Bonchev–Trinajstić information content (AvgIpc) is 1.84. The highest BCUT2D eigenvalue weighted by atomic mass is 16.4. The van der Waals surface area contributed by atoms with Crippen LogP contribution in [-0.2, 0) is 4.79 Å². The third-order valence-corrected chi connectivity index (χ3v) is 1.10. The summed E-state index contributed by atoms with van der Waals surface area (Å²) in [6.45, 7) is 6.29. The van der Waals surface area contributed by atoms with Gasteiger partial charge in [0.1, 0.15) is 0 Å². The first-order chi connectivity index (χ1) is 4.09. The second kappa shape index (κ2) is 3.02. The Morgan fingerprint density at radius 2 is 2.00 bits per heavy atom. The topological polar surface area (TPSA) is 49.7 Å². The van der Waals surface area contributed by atoms with Gasteiger partial charge in [-0.15, -0.1) is 0 Å². The molecule has 1 N–H and O–H groups in total. The van der Waals surface area contributed by atoms with Crippen molar-refractivity contribution in [1.29, 1.82) is 0 Å². The van der Waals surface area contributed by atoms with Gasteiger partial charge in [0.15, 0.2) is 0 Å². The fraction of sp³-hybridized carbons (Fsp3) is 0.333. The van der Waals surface area contributed by atoms with E-state index in [-0.39, 0.29) is 5.57 Å². The van der Waals surface area contributed by atoms with Crippen molar-refractivity contribution in [2.45, 2.75) is 13.8 Å². The molecule has 0 fully saturated rings. The molecule has 0 rings (SSSR count). The van der Waals surface area contributed by atoms with E-state index in [9.17, 15) is 4.79 Å². The van der Waals surface area contributed by atoms with Crippen LogP contribution in [0, 0.1) is 0 Å². The number of carboxylic acids is 1. The third kappa shape index (κ3) is 2.08. The Hall–Kier alpha value is -1.12. The Morgan fingerprint density at radius 1 is 1.56 bits per heavy atom. The number of hydrogen-bond donors (Lipinski definition) is 1. The van der Waals surface area contributed by atoms with E-state index in [0.717, 1.165) is 0 Å². The molecule has 0 unspecified atom stereocenters. The second-order valence-corrected chi connectivity index (χ2v) is 1.67. The number of hydrogen-bond acceptors (Lipinski definition) is 2. The Morgan fingerprint density at radius 3 is 2.11 bits per heavy atom. The van der Waals surface area contributed by atoms with Crippen molar-refractivity contribution in [3.63, 3.8) is 0 Å². The molecule has 0 aliphatic heterocycles. The lowest BCUT2D eigenvalue weighted by molar-refractivity contribution is -0.132. The molecule has 3 heteroatoms. The lowest BCUT2D eigenvalue weighted by atomic mass is 10.2. The fourth-order valence-corrected chi connectivity index (χ4v) is 0.273. The molecule has 0 radical (unpaired) electrons. The number of nitrogens with zero attached hydrogens (tertiary/aromatic N) is 1. The van der Waals surface area contributed by atoms with Crippen LogP contribution in [0.3, 0.4) is 0 Å². The molecule has 50 valence electrons. The summed E-state index contributed by atoms with van der Waals surface area (Å²) >= 11 is 0. The summed E-state index contributed by atoms with van der Waals surface area (Å²) in [6.07, 6.45) is 0. The maximum atomic E-state index is 10.2. The van der Waals surface area contributed by atoms with Gasteiger partial charge in [-0.1, -0.05) is 0 Å². The van der Waals surface area contributed by atoms with Gasteiger partial charge in [-0.3, -0.25) is 4.99 Å². The van der Waals surface area contributed by atoms with Crippen LogP contribution < -0.4 is 0 Å². The molecule has 0 aliphatic carbocycles. The standard InChI is InChI=1S/C6H9NO2/c1-4(6(8)9)5(2)7-3/h3H2,1-2H3,(H,8,9)/b5-4+. The third-order valence-electron chi connectivity index (χ3n) is 1.10. The predicted molar refractivity (Wildman–Crippen MR) is 35.6 cm³/mol. The van der Waals surface area contributed by atoms with Crippen LogP contribution in [0.5, 0.6) is 0 Å². The number of rotatable bonds is 2. The zero-order chi connectivity index (χ0) is 7.44. The normalized spacial score (nSPS) is 12.2. The first-order valence-corrected chi connectivity index (χ1v) is 2.47. The van der Waals surface area contributed by atoms with Gasteiger partial charge in [-0.25, -0.2) is 4.79 Å². The molecule has 0 aromatic heterocycles. The number of aliphatic carboxylic acids is 1. The minimum absolute atomic E-state index is 0.241. The lowest BCUT2D eigenvalue weighted by Gasteiger charge is -1.93. The SMILES string of the molecule is C=N/C(C)=C(\C)C(=O)O. The Kier molecular flexibility index (Phi) is 2.64. The van der Waals surface area contributed by atoms with Crippen molar-refractivity contribution in [1.82, 2.24) is 0 Å². The first-order valence-electron chi connectivity index (χ1n) is 2.47. The number of allylic oxidation sites excluding steroid dienone is 1. The largest absolute Gasteiger partial charge is 0.478 e. The zero-order valence-electron chi connectivity index (χ0n) is 5.51. The highest BCUT2D eigenvalue weighted by molar-refractivity contribution is 5.86. The van der Waals surface area contributed by atoms with Gasteiger partial charge >= 0.3 is 5.97 Å². The van der Waals surface area contributed by atoms with Crippen molar-refractivity contribution >= 4 is 12.7 Å². The van der Waals surface area contributed by atoms with Crippen LogP contribution in [0.1, 0.15) is 13.8 Å². The molecular weight excluding hydrogens is 118 g/mol. The first kappa shape index (κ1) is 7.88. The van der Waals surface area contributed by atoms with Crippen LogP contribution in [0.15, 0.2) is 16.3 Å². The molecule has 0 saturated carbocycles. The van der Waals surface area contributed by atoms with E-state index in [1.165, 1.54) is 6.92 Å². The summed E-state index contributed by atoms with van der Waals surface area (Å²) in [5, 5.41) is 8.34. The molecule has 0 spiro atoms. The summed E-state index contributed by atoms with van der Waals surface area (Å²) in [5.74, 6) is -0.945. The van der Waals surface area contributed by atoms with Crippen LogP contribution in [0.25, 0.3) is 0 Å². The predicted octanol–water partition coefficient (Wildman–Crippen LogP) is 1.07. The van der Waals surface area contributed by atoms with E-state index in [1.54, 1.807) is 6.92 Å². The van der Waals surface area contributed by atoms with E-state index in [0.29, 0.717) is 5.70 Å². The number of carboxylic acid groups (broad SMARTS) is 1. The monoisotopic (exact) mass is 127 g/mol. The summed E-state index contributed by atoms with van der Waals surface area (Å²) < 4.78 is 0. The lowest BCUT2D eigenvalue weighted by Crippen LogP contribution is -1.97. The quantitative estimate of drug-likeness (QED) is 0.445. The molecule has 9 heavy (non-hydrogen) atoms. The number of aliphatic imine (C=N–C) groups is 1. The highest BCUT2D eigenvalue weighted by Gasteiger charge is 2.01. The maximum absolute atomic E-state index is 10.2. The fourth-order valence-electron chi connectivity index (χ4n) is 0.273. The average molecular weight is 127 g/mol. The molecule has 3 nitrogen and oxygen atoms in total. The van der Waals surface area contributed by atoms with Crippen LogP contribution in [0.4, 0.5) is 0 Å². The van der Waals surface area contributed by atoms with Gasteiger partial charge in [0.05, 0.1) is 5.57 Å². The molecule has 0 heterocycles. The molecule has 0 aromatic rings. The van der Waals surface area contributed by atoms with E-state index >= 15 is 0 Å². The van der Waals surface area contributed by atoms with Gasteiger partial charge < -0.3 is 5.11 Å². The molecule has 0 aliphatic rings. The summed E-state index contributed by atoms with van der Waals surface area (Å²) in [7, 11) is 0. The summed E-state index contributed by atoms with van der Waals surface area (Å²) in [4.78, 5) is 13.6. The smallest absolute Gasteiger partial charge is 0.333 e. The Labute approximate surface area is 53.7 Å². The van der Waals surface area contributed by atoms with Gasteiger partial charge in [0.2, 0.25) is 0 Å². The molecule has 0 amide bonds. The maximum Gasteiger partial charge on any atom is 0.333 e. The number of carbonyl (C=O) groups is 1. The van der Waals surface area contributed by atoms with Crippen LogP contribution in [0.2, 0.25) is 0 Å². The minimum Gasteiger partial charge on any atom is -0.478 e. The Balaban J connectivity index is 4.47. The van der Waals surface area contributed by atoms with Gasteiger partial charge in [0.25, 0.3) is 0 Å². The van der Waals surface area contributed by atoms with Gasteiger partial charge in [0, 0.05) is 5.70 Å². The summed E-state index contributed by atoms with van der Waals surface area (Å²) in [6, 6.07) is 0. The van der Waals surface area contributed by atoms with Crippen molar-refractivity contribution in [3.05, 3.63) is 11.3 Å². The highest BCUT2D eigenvalue weighted by Crippen LogP contribution is 2.02. The van der Waals surface area contributed by atoms with Crippen LogP contribution in [-0.4, -0.2) is 17.8 Å². The van der Waals surface area contributed by atoms with E-state index in [4.69, 9.17) is 5.11 Å². The van der Waals surface area contributed by atoms with Crippen molar-refractivity contribution in [3.8, 4) is 0 Å². The van der Waals surface area contributed by atoms with E-state index in [1.807, 2.05) is 0 Å². The molecule has 0 saturated heterocycles. The molecule has 0 aromatic carbocycles. The van der Waals surface area contributed by atoms with Crippen LogP contribution >= 0.6 is 0 Å². The van der Waals surface area contributed by atoms with Crippen molar-refractivity contribution in [2.75, 3.05) is 0 Å². The van der Waals surface area contributed by atoms with E-state index in [2.05, 4.69) is 11.7 Å². The van der Waals surface area contributed by atoms with E-state index < -0.39 is 5.97 Å². The van der Waals surface area contributed by atoms with Crippen molar-refractivity contribution < 1.29 is 9.90 Å².